The fraction of sp³-hybridized carbons (Fsp3) is 0.643. The van der Waals surface area contributed by atoms with E-state index in [4.69, 9.17) is 0 Å². The van der Waals surface area contributed by atoms with Gasteiger partial charge in [-0.3, -0.25) is 0 Å². The van der Waals surface area contributed by atoms with Gasteiger partial charge in [0.15, 0.2) is 5.82 Å². The normalized spacial score (nSPS) is 16.9. The average Bonchev–Trinajstić information content (AvgIpc) is 2.41. The Balaban J connectivity index is 2.36. The standard InChI is InChI=1S/C14H20N4O/c1-4-10-11(7-15)13(17-16-12(10)5-2)18-8-14(19,6-3)9-18/h19H,4-6,8-9H2,1-3H3. The smallest absolute Gasteiger partial charge is 0.169 e. The fourth-order valence-electron chi connectivity index (χ4n) is 2.54. The molecule has 1 fully saturated rings. The lowest BCUT2D eigenvalue weighted by Crippen LogP contribution is -2.62. The van der Waals surface area contributed by atoms with E-state index in [1.165, 1.54) is 0 Å². The van der Waals surface area contributed by atoms with Crippen LogP contribution in [0.2, 0.25) is 0 Å². The predicted molar refractivity (Wildman–Crippen MR) is 73.0 cm³/mol. The zero-order valence-electron chi connectivity index (χ0n) is 11.8. The van der Waals surface area contributed by atoms with Crippen molar-refractivity contribution in [3.63, 3.8) is 0 Å². The first-order valence-corrected chi connectivity index (χ1v) is 6.84. The van der Waals surface area contributed by atoms with E-state index in [-0.39, 0.29) is 0 Å². The number of hydrogen-bond acceptors (Lipinski definition) is 5. The van der Waals surface area contributed by atoms with E-state index in [2.05, 4.69) is 16.3 Å². The van der Waals surface area contributed by atoms with Gasteiger partial charge in [-0.1, -0.05) is 20.8 Å². The molecule has 2 heterocycles. The molecule has 0 aliphatic carbocycles. The number of aliphatic hydroxyl groups is 1. The number of nitriles is 1. The SMILES string of the molecule is CCc1nnc(N2CC(O)(CC)C2)c(C#N)c1CC. The summed E-state index contributed by atoms with van der Waals surface area (Å²) in [6, 6.07) is 2.26. The minimum atomic E-state index is -0.635. The highest BCUT2D eigenvalue weighted by atomic mass is 16.3. The zero-order valence-corrected chi connectivity index (χ0v) is 11.8. The summed E-state index contributed by atoms with van der Waals surface area (Å²) in [7, 11) is 0. The van der Waals surface area contributed by atoms with Crippen LogP contribution >= 0.6 is 0 Å². The van der Waals surface area contributed by atoms with Crippen LogP contribution < -0.4 is 4.90 Å². The van der Waals surface area contributed by atoms with Crippen molar-refractivity contribution in [1.82, 2.24) is 10.2 Å². The summed E-state index contributed by atoms with van der Waals surface area (Å²) in [5.74, 6) is 0.620. The molecule has 0 spiro atoms. The Morgan fingerprint density at radius 1 is 1.26 bits per heavy atom. The van der Waals surface area contributed by atoms with Crippen LogP contribution in [0.4, 0.5) is 5.82 Å². The number of rotatable bonds is 4. The number of hydrogen-bond donors (Lipinski definition) is 1. The number of aryl methyl sites for hydroxylation is 1. The summed E-state index contributed by atoms with van der Waals surface area (Å²) in [6.07, 6.45) is 2.27. The maximum Gasteiger partial charge on any atom is 0.169 e. The van der Waals surface area contributed by atoms with Crippen molar-refractivity contribution < 1.29 is 5.11 Å². The maximum absolute atomic E-state index is 10.1. The number of aromatic nitrogens is 2. The fourth-order valence-corrected chi connectivity index (χ4v) is 2.54. The van der Waals surface area contributed by atoms with Gasteiger partial charge in [-0.25, -0.2) is 0 Å². The van der Waals surface area contributed by atoms with Crippen LogP contribution in [0.1, 0.15) is 44.0 Å². The minimum absolute atomic E-state index is 0.529. The van der Waals surface area contributed by atoms with Crippen molar-refractivity contribution in [2.45, 2.75) is 45.6 Å². The van der Waals surface area contributed by atoms with Crippen molar-refractivity contribution in [2.24, 2.45) is 0 Å². The van der Waals surface area contributed by atoms with Gasteiger partial charge in [0.25, 0.3) is 0 Å². The number of β-amino-alcohol motifs (C(OH)–C–C–N with tert-alkyl or cyclic N) is 1. The van der Waals surface area contributed by atoms with Gasteiger partial charge in [0.1, 0.15) is 11.6 Å². The Morgan fingerprint density at radius 3 is 2.42 bits per heavy atom. The van der Waals surface area contributed by atoms with Crippen LogP contribution in [0.3, 0.4) is 0 Å². The van der Waals surface area contributed by atoms with Crippen molar-refractivity contribution in [1.29, 1.82) is 5.26 Å². The molecular weight excluding hydrogens is 240 g/mol. The minimum Gasteiger partial charge on any atom is -0.386 e. The zero-order chi connectivity index (χ0) is 14.0. The van der Waals surface area contributed by atoms with Crippen LogP contribution in [-0.2, 0) is 12.8 Å². The van der Waals surface area contributed by atoms with Gasteiger partial charge in [-0.15, -0.1) is 5.10 Å². The van der Waals surface area contributed by atoms with E-state index in [0.29, 0.717) is 30.9 Å². The summed E-state index contributed by atoms with van der Waals surface area (Å²) in [5.41, 5.74) is 1.87. The molecule has 5 heteroatoms. The monoisotopic (exact) mass is 260 g/mol. The number of nitrogens with zero attached hydrogens (tertiary/aromatic N) is 4. The van der Waals surface area contributed by atoms with E-state index >= 15 is 0 Å². The van der Waals surface area contributed by atoms with Crippen molar-refractivity contribution in [3.8, 4) is 6.07 Å². The lowest BCUT2D eigenvalue weighted by atomic mass is 9.90. The van der Waals surface area contributed by atoms with Crippen LogP contribution in [-0.4, -0.2) is 34.0 Å². The second-order valence-electron chi connectivity index (χ2n) is 5.08. The summed E-state index contributed by atoms with van der Waals surface area (Å²) in [5, 5.41) is 27.9. The molecule has 1 aromatic heterocycles. The van der Waals surface area contributed by atoms with Crippen LogP contribution in [0.25, 0.3) is 0 Å². The van der Waals surface area contributed by atoms with Gasteiger partial charge in [0, 0.05) is 0 Å². The van der Waals surface area contributed by atoms with Crippen molar-refractivity contribution >= 4 is 5.82 Å². The molecule has 0 atom stereocenters. The lowest BCUT2D eigenvalue weighted by Gasteiger charge is -2.46. The molecule has 0 unspecified atom stereocenters. The van der Waals surface area contributed by atoms with Crippen molar-refractivity contribution in [3.05, 3.63) is 16.8 Å². The van der Waals surface area contributed by atoms with E-state index in [1.54, 1.807) is 0 Å². The third-order valence-corrected chi connectivity index (χ3v) is 3.87. The molecule has 1 aliphatic heterocycles. The molecule has 102 valence electrons. The molecule has 1 aliphatic rings. The third kappa shape index (κ3) is 2.28. The Morgan fingerprint density at radius 2 is 1.95 bits per heavy atom. The molecule has 0 bridgehead atoms. The largest absolute Gasteiger partial charge is 0.386 e. The molecule has 0 amide bonds. The molecule has 0 saturated carbocycles. The van der Waals surface area contributed by atoms with E-state index in [9.17, 15) is 10.4 Å². The van der Waals surface area contributed by atoms with Crippen LogP contribution in [0.15, 0.2) is 0 Å². The topological polar surface area (TPSA) is 73.0 Å². The summed E-state index contributed by atoms with van der Waals surface area (Å²) in [4.78, 5) is 1.94. The average molecular weight is 260 g/mol. The first-order chi connectivity index (χ1) is 9.08. The quantitative estimate of drug-likeness (QED) is 0.886. The van der Waals surface area contributed by atoms with Crippen LogP contribution in [0.5, 0.6) is 0 Å². The first-order valence-electron chi connectivity index (χ1n) is 6.84. The molecule has 1 saturated heterocycles. The highest BCUT2D eigenvalue weighted by Gasteiger charge is 2.41. The van der Waals surface area contributed by atoms with Crippen LogP contribution in [0, 0.1) is 11.3 Å². The molecule has 1 N–H and O–H groups in total. The van der Waals surface area contributed by atoms with E-state index < -0.39 is 5.60 Å². The Hall–Kier alpha value is -1.67. The summed E-state index contributed by atoms with van der Waals surface area (Å²) < 4.78 is 0. The third-order valence-electron chi connectivity index (χ3n) is 3.87. The second-order valence-corrected chi connectivity index (χ2v) is 5.08. The second kappa shape index (κ2) is 5.14. The maximum atomic E-state index is 10.1. The lowest BCUT2D eigenvalue weighted by molar-refractivity contribution is 0.00793. The molecule has 2 rings (SSSR count). The van der Waals surface area contributed by atoms with Gasteiger partial charge in [0.2, 0.25) is 0 Å². The van der Waals surface area contributed by atoms with Crippen molar-refractivity contribution in [2.75, 3.05) is 18.0 Å². The van der Waals surface area contributed by atoms with Gasteiger partial charge < -0.3 is 10.0 Å². The van der Waals surface area contributed by atoms with Gasteiger partial charge in [-0.05, 0) is 24.8 Å². The molecule has 0 aromatic carbocycles. The highest BCUT2D eigenvalue weighted by Crippen LogP contribution is 2.32. The van der Waals surface area contributed by atoms with E-state index in [0.717, 1.165) is 24.1 Å². The number of anilines is 1. The summed E-state index contributed by atoms with van der Waals surface area (Å²) in [6.45, 7) is 7.07. The molecular formula is C14H20N4O. The van der Waals surface area contributed by atoms with Gasteiger partial charge in [-0.2, -0.15) is 10.4 Å². The van der Waals surface area contributed by atoms with Gasteiger partial charge in [0.05, 0.1) is 24.4 Å². The molecule has 1 aromatic rings. The van der Waals surface area contributed by atoms with Gasteiger partial charge >= 0.3 is 0 Å². The first kappa shape index (κ1) is 13.8. The highest BCUT2D eigenvalue weighted by molar-refractivity contribution is 5.60. The summed E-state index contributed by atoms with van der Waals surface area (Å²) >= 11 is 0. The predicted octanol–water partition coefficient (Wildman–Crippen LogP) is 1.43. The molecule has 19 heavy (non-hydrogen) atoms. The van der Waals surface area contributed by atoms with E-state index in [1.807, 2.05) is 25.7 Å². The Bertz CT molecular complexity index is 515. The Kier molecular flexibility index (Phi) is 3.72. The molecule has 5 nitrogen and oxygen atoms in total. The Labute approximate surface area is 113 Å². The molecule has 0 radical (unpaired) electrons.